The van der Waals surface area contributed by atoms with Gasteiger partial charge in [0.1, 0.15) is 5.15 Å². The summed E-state index contributed by atoms with van der Waals surface area (Å²) < 4.78 is 0.727. The average Bonchev–Trinajstić information content (AvgIpc) is 2.08. The largest absolute Gasteiger partial charge is 0.233 e. The first-order valence-electron chi connectivity index (χ1n) is 3.69. The van der Waals surface area contributed by atoms with Crippen LogP contribution in [0.3, 0.4) is 0 Å². The maximum Gasteiger partial charge on any atom is 0.144 e. The van der Waals surface area contributed by atoms with Crippen molar-refractivity contribution in [1.82, 2.24) is 4.98 Å². The van der Waals surface area contributed by atoms with E-state index in [9.17, 15) is 0 Å². The maximum absolute atomic E-state index is 5.97. The van der Waals surface area contributed by atoms with E-state index < -0.39 is 0 Å². The second-order valence-electron chi connectivity index (χ2n) is 2.72. The molecule has 0 aliphatic carbocycles. The molecule has 0 spiro atoms. The van der Waals surface area contributed by atoms with Gasteiger partial charge in [0.25, 0.3) is 0 Å². The number of pyridine rings is 1. The van der Waals surface area contributed by atoms with Gasteiger partial charge >= 0.3 is 0 Å². The van der Waals surface area contributed by atoms with Gasteiger partial charge in [-0.15, -0.1) is 0 Å². The third-order valence-electron chi connectivity index (χ3n) is 1.75. The summed E-state index contributed by atoms with van der Waals surface area (Å²) in [4.78, 5) is 4.14. The smallest absolute Gasteiger partial charge is 0.144 e. The van der Waals surface area contributed by atoms with Crippen molar-refractivity contribution in [2.24, 2.45) is 0 Å². The average molecular weight is 311 g/mol. The van der Waals surface area contributed by atoms with Crippen molar-refractivity contribution < 1.29 is 0 Å². The molecule has 14 heavy (non-hydrogen) atoms. The van der Waals surface area contributed by atoms with Crippen LogP contribution in [0.25, 0.3) is 10.9 Å². The summed E-state index contributed by atoms with van der Waals surface area (Å²) in [6, 6.07) is 5.27. The van der Waals surface area contributed by atoms with Gasteiger partial charge in [-0.05, 0) is 34.1 Å². The monoisotopic (exact) mass is 309 g/mol. The van der Waals surface area contributed by atoms with Gasteiger partial charge in [0.05, 0.1) is 15.0 Å². The van der Waals surface area contributed by atoms with E-state index in [-0.39, 0.29) is 0 Å². The number of fused-ring (bicyclic) bond motifs is 1. The lowest BCUT2D eigenvalue weighted by atomic mass is 10.2. The van der Waals surface area contributed by atoms with Crippen LogP contribution < -0.4 is 0 Å². The molecule has 0 unspecified atom stereocenters. The molecule has 1 aromatic heterocycles. The van der Waals surface area contributed by atoms with Crippen LogP contribution in [0.2, 0.25) is 15.2 Å². The van der Waals surface area contributed by atoms with Crippen molar-refractivity contribution in [3.63, 3.8) is 0 Å². The minimum atomic E-state index is 0.390. The molecule has 5 heteroatoms. The standard InChI is InChI=1S/C9H3BrCl3N/c10-6-2-4-1-5(11)3-7(12)8(4)14-9(6)13/h1-3H. The first-order valence-corrected chi connectivity index (χ1v) is 5.61. The highest BCUT2D eigenvalue weighted by molar-refractivity contribution is 9.10. The van der Waals surface area contributed by atoms with E-state index in [4.69, 9.17) is 34.8 Å². The van der Waals surface area contributed by atoms with Crippen LogP contribution in [0.1, 0.15) is 0 Å². The van der Waals surface area contributed by atoms with Gasteiger partial charge < -0.3 is 0 Å². The summed E-state index contributed by atoms with van der Waals surface area (Å²) >= 11 is 21.0. The topological polar surface area (TPSA) is 12.9 Å². The fourth-order valence-electron chi connectivity index (χ4n) is 1.16. The maximum atomic E-state index is 5.97. The number of hydrogen-bond acceptors (Lipinski definition) is 1. The lowest BCUT2D eigenvalue weighted by molar-refractivity contribution is 1.39. The van der Waals surface area contributed by atoms with Gasteiger partial charge in [-0.2, -0.15) is 0 Å². The highest BCUT2D eigenvalue weighted by atomic mass is 79.9. The fraction of sp³-hybridized carbons (Fsp3) is 0. The Labute approximate surface area is 104 Å². The second-order valence-corrected chi connectivity index (χ2v) is 4.78. The van der Waals surface area contributed by atoms with Crippen LogP contribution >= 0.6 is 50.7 Å². The Morgan fingerprint density at radius 2 is 1.79 bits per heavy atom. The van der Waals surface area contributed by atoms with Crippen LogP contribution in [0.5, 0.6) is 0 Å². The molecule has 0 saturated carbocycles. The number of aromatic nitrogens is 1. The highest BCUT2D eigenvalue weighted by Gasteiger charge is 2.06. The van der Waals surface area contributed by atoms with E-state index >= 15 is 0 Å². The molecule has 1 heterocycles. The van der Waals surface area contributed by atoms with Crippen molar-refractivity contribution in [3.05, 3.63) is 37.9 Å². The molecule has 0 radical (unpaired) electrons. The van der Waals surface area contributed by atoms with E-state index in [0.717, 1.165) is 9.86 Å². The van der Waals surface area contributed by atoms with Gasteiger partial charge in [0.2, 0.25) is 0 Å². The number of benzene rings is 1. The second kappa shape index (κ2) is 3.86. The molecule has 1 aromatic carbocycles. The predicted octanol–water partition coefficient (Wildman–Crippen LogP) is 4.96. The molecule has 0 atom stereocenters. The first kappa shape index (κ1) is 10.5. The minimum Gasteiger partial charge on any atom is -0.233 e. The molecule has 0 aliphatic rings. The van der Waals surface area contributed by atoms with Gasteiger partial charge in [0, 0.05) is 10.4 Å². The van der Waals surface area contributed by atoms with Crippen LogP contribution in [-0.4, -0.2) is 4.98 Å². The molecular weight excluding hydrogens is 308 g/mol. The summed E-state index contributed by atoms with van der Waals surface area (Å²) in [5.41, 5.74) is 0.657. The highest BCUT2D eigenvalue weighted by Crippen LogP contribution is 2.31. The van der Waals surface area contributed by atoms with Crippen LogP contribution in [0.4, 0.5) is 0 Å². The number of halogens is 4. The molecule has 0 fully saturated rings. The molecule has 2 rings (SSSR count). The SMILES string of the molecule is Clc1cc(Cl)c2nc(Cl)c(Br)cc2c1. The van der Waals surface area contributed by atoms with Crippen molar-refractivity contribution in [3.8, 4) is 0 Å². The molecule has 0 bridgehead atoms. The third-order valence-corrected chi connectivity index (χ3v) is 3.37. The Balaban J connectivity index is 2.89. The van der Waals surface area contributed by atoms with Gasteiger partial charge in [0.15, 0.2) is 0 Å². The summed E-state index contributed by atoms with van der Waals surface area (Å²) in [5.74, 6) is 0. The van der Waals surface area contributed by atoms with Crippen LogP contribution in [0.15, 0.2) is 22.7 Å². The van der Waals surface area contributed by atoms with Crippen LogP contribution in [0, 0.1) is 0 Å². The zero-order valence-corrected chi connectivity index (χ0v) is 10.5. The molecule has 0 saturated heterocycles. The van der Waals surface area contributed by atoms with Gasteiger partial charge in [-0.1, -0.05) is 34.8 Å². The van der Waals surface area contributed by atoms with Crippen molar-refractivity contribution in [2.45, 2.75) is 0 Å². The first-order chi connectivity index (χ1) is 6.58. The van der Waals surface area contributed by atoms with E-state index in [1.54, 1.807) is 12.1 Å². The van der Waals surface area contributed by atoms with Crippen molar-refractivity contribution >= 4 is 61.6 Å². The Kier molecular flexibility index (Phi) is 2.89. The molecule has 0 amide bonds. The number of nitrogens with zero attached hydrogens (tertiary/aromatic N) is 1. The van der Waals surface area contributed by atoms with Crippen LogP contribution in [-0.2, 0) is 0 Å². The molecule has 0 N–H and O–H groups in total. The Morgan fingerprint density at radius 3 is 2.50 bits per heavy atom. The van der Waals surface area contributed by atoms with Crippen molar-refractivity contribution in [1.29, 1.82) is 0 Å². The normalized spacial score (nSPS) is 10.9. The lowest BCUT2D eigenvalue weighted by Crippen LogP contribution is -1.83. The molecular formula is C9H3BrCl3N. The Hall–Kier alpha value is -0.0200. The molecule has 72 valence electrons. The Bertz CT molecular complexity index is 513. The van der Waals surface area contributed by atoms with E-state index in [1.807, 2.05) is 6.07 Å². The zero-order chi connectivity index (χ0) is 10.3. The summed E-state index contributed by atoms with van der Waals surface area (Å²) in [6.07, 6.45) is 0. The molecule has 2 aromatic rings. The zero-order valence-electron chi connectivity index (χ0n) is 6.69. The predicted molar refractivity (Wildman–Crippen MR) is 64.5 cm³/mol. The summed E-state index contributed by atoms with van der Waals surface area (Å²) in [6.45, 7) is 0. The minimum absolute atomic E-state index is 0.390. The Morgan fingerprint density at radius 1 is 1.07 bits per heavy atom. The van der Waals surface area contributed by atoms with Crippen molar-refractivity contribution in [2.75, 3.05) is 0 Å². The van der Waals surface area contributed by atoms with Gasteiger partial charge in [-0.25, -0.2) is 4.98 Å². The molecule has 1 nitrogen and oxygen atoms in total. The lowest BCUT2D eigenvalue weighted by Gasteiger charge is -2.03. The summed E-state index contributed by atoms with van der Waals surface area (Å²) in [5, 5.41) is 2.33. The number of hydrogen-bond donors (Lipinski definition) is 0. The number of rotatable bonds is 0. The quantitative estimate of drug-likeness (QED) is 0.627. The summed E-state index contributed by atoms with van der Waals surface area (Å²) in [7, 11) is 0. The fourth-order valence-corrected chi connectivity index (χ4v) is 2.19. The van der Waals surface area contributed by atoms with E-state index in [2.05, 4.69) is 20.9 Å². The third kappa shape index (κ3) is 1.84. The van der Waals surface area contributed by atoms with E-state index in [0.29, 0.717) is 20.7 Å². The molecule has 0 aliphatic heterocycles. The van der Waals surface area contributed by atoms with E-state index in [1.165, 1.54) is 0 Å². The van der Waals surface area contributed by atoms with Gasteiger partial charge in [-0.3, -0.25) is 0 Å².